The first-order chi connectivity index (χ1) is 9.06. The van der Waals surface area contributed by atoms with Crippen LogP contribution in [0.15, 0.2) is 28.7 Å². The van der Waals surface area contributed by atoms with Crippen LogP contribution in [-0.2, 0) is 4.79 Å². The number of anilines is 1. The summed E-state index contributed by atoms with van der Waals surface area (Å²) in [6.07, 6.45) is 2.17. The van der Waals surface area contributed by atoms with Crippen LogP contribution >= 0.6 is 15.9 Å². The molecule has 1 aromatic rings. The molecule has 0 aromatic heterocycles. The minimum atomic E-state index is -0.841. The lowest BCUT2D eigenvalue weighted by molar-refractivity contribution is -0.142. The van der Waals surface area contributed by atoms with Crippen molar-refractivity contribution in [3.05, 3.63) is 28.7 Å². The van der Waals surface area contributed by atoms with E-state index in [0.29, 0.717) is 18.5 Å². The van der Waals surface area contributed by atoms with E-state index in [4.69, 9.17) is 5.11 Å². The average Bonchev–Trinajstić information content (AvgIpc) is 2.80. The molecule has 0 spiro atoms. The van der Waals surface area contributed by atoms with Crippen LogP contribution in [0.2, 0.25) is 0 Å². The van der Waals surface area contributed by atoms with E-state index in [1.807, 2.05) is 12.1 Å². The molecule has 1 aliphatic rings. The Labute approximate surface area is 119 Å². The molecule has 6 heteroatoms. The number of benzene rings is 1. The molecular weight excluding hydrogens is 312 g/mol. The fourth-order valence-electron chi connectivity index (χ4n) is 2.30. The molecule has 5 nitrogen and oxygen atoms in total. The summed E-state index contributed by atoms with van der Waals surface area (Å²) in [6.45, 7) is 0. The highest BCUT2D eigenvalue weighted by atomic mass is 79.9. The van der Waals surface area contributed by atoms with Crippen LogP contribution in [0, 0.1) is 5.92 Å². The fourth-order valence-corrected chi connectivity index (χ4v) is 2.56. The summed E-state index contributed by atoms with van der Waals surface area (Å²) < 4.78 is 0.931. The monoisotopic (exact) mass is 326 g/mol. The predicted molar refractivity (Wildman–Crippen MR) is 75.1 cm³/mol. The normalized spacial score (nSPS) is 21.9. The second-order valence-corrected chi connectivity index (χ2v) is 5.50. The molecule has 102 valence electrons. The summed E-state index contributed by atoms with van der Waals surface area (Å²) in [4.78, 5) is 22.8. The number of urea groups is 1. The minimum Gasteiger partial charge on any atom is -0.481 e. The van der Waals surface area contributed by atoms with Gasteiger partial charge in [-0.1, -0.05) is 22.4 Å². The summed E-state index contributed by atoms with van der Waals surface area (Å²) in [6, 6.07) is 6.55. The first kappa shape index (κ1) is 13.9. The Hall–Kier alpha value is -1.56. The molecular formula is C13H15BrN2O3. The molecule has 1 aromatic carbocycles. The average molecular weight is 327 g/mol. The van der Waals surface area contributed by atoms with Gasteiger partial charge in [-0.05, 0) is 37.1 Å². The lowest BCUT2D eigenvalue weighted by atomic mass is 10.0. The van der Waals surface area contributed by atoms with Gasteiger partial charge in [0.2, 0.25) is 0 Å². The Bertz CT molecular complexity index is 475. The molecule has 0 saturated heterocycles. The second-order valence-electron chi connectivity index (χ2n) is 4.59. The number of amides is 2. The van der Waals surface area contributed by atoms with Gasteiger partial charge in [0.15, 0.2) is 0 Å². The van der Waals surface area contributed by atoms with Gasteiger partial charge in [0.05, 0.1) is 5.92 Å². The molecule has 0 bridgehead atoms. The number of carboxylic acids is 1. The lowest BCUT2D eigenvalue weighted by Gasteiger charge is -2.18. The van der Waals surface area contributed by atoms with E-state index in [1.165, 1.54) is 0 Å². The van der Waals surface area contributed by atoms with Gasteiger partial charge in [-0.25, -0.2) is 4.79 Å². The zero-order valence-electron chi connectivity index (χ0n) is 10.2. The van der Waals surface area contributed by atoms with Crippen LogP contribution in [0.1, 0.15) is 19.3 Å². The van der Waals surface area contributed by atoms with Crippen molar-refractivity contribution in [2.24, 2.45) is 5.92 Å². The van der Waals surface area contributed by atoms with Gasteiger partial charge < -0.3 is 15.7 Å². The molecule has 19 heavy (non-hydrogen) atoms. The molecule has 1 saturated carbocycles. The Morgan fingerprint density at radius 2 is 1.89 bits per heavy atom. The lowest BCUT2D eigenvalue weighted by Crippen LogP contribution is -2.42. The van der Waals surface area contributed by atoms with Crippen LogP contribution < -0.4 is 10.6 Å². The van der Waals surface area contributed by atoms with E-state index in [0.717, 1.165) is 10.9 Å². The van der Waals surface area contributed by atoms with Gasteiger partial charge in [-0.3, -0.25) is 4.79 Å². The van der Waals surface area contributed by atoms with Gasteiger partial charge in [-0.15, -0.1) is 0 Å². The summed E-state index contributed by atoms with van der Waals surface area (Å²) in [5.74, 6) is -1.32. The third-order valence-corrected chi connectivity index (χ3v) is 3.78. The Morgan fingerprint density at radius 1 is 1.21 bits per heavy atom. The molecule has 0 radical (unpaired) electrons. The van der Waals surface area contributed by atoms with Crippen LogP contribution in [0.25, 0.3) is 0 Å². The zero-order valence-corrected chi connectivity index (χ0v) is 11.8. The minimum absolute atomic E-state index is 0.284. The Kier molecular flexibility index (Phi) is 4.42. The van der Waals surface area contributed by atoms with Crippen molar-refractivity contribution < 1.29 is 14.7 Å². The number of carbonyl (C=O) groups excluding carboxylic acids is 1. The van der Waals surface area contributed by atoms with E-state index in [9.17, 15) is 9.59 Å². The smallest absolute Gasteiger partial charge is 0.319 e. The van der Waals surface area contributed by atoms with Crippen molar-refractivity contribution in [3.63, 3.8) is 0 Å². The summed E-state index contributed by atoms with van der Waals surface area (Å²) in [5.41, 5.74) is 0.672. The maximum atomic E-state index is 11.8. The molecule has 1 aliphatic carbocycles. The van der Waals surface area contributed by atoms with E-state index < -0.39 is 11.9 Å². The van der Waals surface area contributed by atoms with Gasteiger partial charge in [0, 0.05) is 16.2 Å². The highest BCUT2D eigenvalue weighted by Crippen LogP contribution is 2.25. The van der Waals surface area contributed by atoms with Crippen molar-refractivity contribution in [1.29, 1.82) is 0 Å². The second kappa shape index (κ2) is 6.06. The van der Waals surface area contributed by atoms with E-state index in [2.05, 4.69) is 26.6 Å². The number of hydrogen-bond donors (Lipinski definition) is 3. The van der Waals surface area contributed by atoms with Crippen LogP contribution in [0.4, 0.5) is 10.5 Å². The molecule has 2 atom stereocenters. The summed E-state index contributed by atoms with van der Waals surface area (Å²) >= 11 is 3.31. The number of aliphatic carboxylic acids is 1. The molecule has 3 N–H and O–H groups in total. The zero-order chi connectivity index (χ0) is 13.8. The first-order valence-electron chi connectivity index (χ1n) is 6.12. The third-order valence-electron chi connectivity index (χ3n) is 3.25. The van der Waals surface area contributed by atoms with Crippen LogP contribution in [-0.4, -0.2) is 23.1 Å². The predicted octanol–water partition coefficient (Wildman–Crippen LogP) is 2.82. The summed E-state index contributed by atoms with van der Waals surface area (Å²) in [5, 5.41) is 14.5. The van der Waals surface area contributed by atoms with Crippen LogP contribution in [0.5, 0.6) is 0 Å². The quantitative estimate of drug-likeness (QED) is 0.799. The summed E-state index contributed by atoms with van der Waals surface area (Å²) in [7, 11) is 0. The standard InChI is InChI=1S/C13H15BrN2O3/c14-8-4-6-9(7-5-8)15-13(19)16-11-3-1-2-10(11)12(17)18/h4-7,10-11H,1-3H2,(H,17,18)(H2,15,16,19). The molecule has 2 amide bonds. The number of carboxylic acid groups (broad SMARTS) is 1. The number of hydrogen-bond acceptors (Lipinski definition) is 2. The SMILES string of the molecule is O=C(Nc1ccc(Br)cc1)NC1CCCC1C(=O)O. The number of rotatable bonds is 3. The van der Waals surface area contributed by atoms with Crippen molar-refractivity contribution >= 4 is 33.6 Å². The third kappa shape index (κ3) is 3.70. The van der Waals surface area contributed by atoms with Crippen molar-refractivity contribution in [1.82, 2.24) is 5.32 Å². The van der Waals surface area contributed by atoms with E-state index in [-0.39, 0.29) is 12.1 Å². The maximum Gasteiger partial charge on any atom is 0.319 e. The first-order valence-corrected chi connectivity index (χ1v) is 6.91. The molecule has 0 heterocycles. The molecule has 2 rings (SSSR count). The highest BCUT2D eigenvalue weighted by Gasteiger charge is 2.33. The van der Waals surface area contributed by atoms with E-state index in [1.54, 1.807) is 12.1 Å². The Morgan fingerprint density at radius 3 is 2.53 bits per heavy atom. The van der Waals surface area contributed by atoms with Crippen molar-refractivity contribution in [3.8, 4) is 0 Å². The highest BCUT2D eigenvalue weighted by molar-refractivity contribution is 9.10. The maximum absolute atomic E-state index is 11.8. The van der Waals surface area contributed by atoms with Crippen LogP contribution in [0.3, 0.4) is 0 Å². The van der Waals surface area contributed by atoms with Crippen molar-refractivity contribution in [2.45, 2.75) is 25.3 Å². The Balaban J connectivity index is 1.90. The van der Waals surface area contributed by atoms with Gasteiger partial charge >= 0.3 is 12.0 Å². The van der Waals surface area contributed by atoms with Gasteiger partial charge in [-0.2, -0.15) is 0 Å². The van der Waals surface area contributed by atoms with Gasteiger partial charge in [0.1, 0.15) is 0 Å². The number of carbonyl (C=O) groups is 2. The molecule has 0 aliphatic heterocycles. The van der Waals surface area contributed by atoms with Gasteiger partial charge in [0.25, 0.3) is 0 Å². The van der Waals surface area contributed by atoms with Crippen molar-refractivity contribution in [2.75, 3.05) is 5.32 Å². The fraction of sp³-hybridized carbons (Fsp3) is 0.385. The molecule has 2 unspecified atom stereocenters. The topological polar surface area (TPSA) is 78.4 Å². The largest absolute Gasteiger partial charge is 0.481 e. The number of halogens is 1. The van der Waals surface area contributed by atoms with E-state index >= 15 is 0 Å². The molecule has 1 fully saturated rings. The number of nitrogens with one attached hydrogen (secondary N) is 2.